The molecule has 0 spiro atoms. The molecule has 0 saturated heterocycles. The Labute approximate surface area is 176 Å². The van der Waals surface area contributed by atoms with Gasteiger partial charge < -0.3 is 0 Å². The van der Waals surface area contributed by atoms with Crippen LogP contribution in [0.25, 0.3) is 22.8 Å². The highest BCUT2D eigenvalue weighted by Crippen LogP contribution is 2.27. The number of halogens is 4. The average Bonchev–Trinajstić information content (AvgIpc) is 3.24. The molecule has 11 heteroatoms. The third-order valence-electron chi connectivity index (χ3n) is 2.86. The summed E-state index contributed by atoms with van der Waals surface area (Å²) in [6, 6.07) is 8.83. The Morgan fingerprint density at radius 2 is 1.15 bits per heavy atom. The van der Waals surface area contributed by atoms with Crippen LogP contribution < -0.4 is 0 Å². The maximum absolute atomic E-state index is 5.84. The van der Waals surface area contributed by atoms with E-state index in [1.807, 2.05) is 12.1 Å². The summed E-state index contributed by atoms with van der Waals surface area (Å²) in [6.07, 6.45) is 3.40. The molecular weight excluding hydrogens is 456 g/mol. The fourth-order valence-corrected chi connectivity index (χ4v) is 3.59. The topological polar surface area (TPSA) is 64.5 Å². The SMILES string of the molecule is Clc1cc(Cl)cc(-c2nsc(Cl)n2)c1.Clc1nc(-c2ccncc2)ns1. The summed E-state index contributed by atoms with van der Waals surface area (Å²) in [5, 5.41) is 1.11. The second-order valence-corrected chi connectivity index (χ2v) is 8.18. The van der Waals surface area contributed by atoms with Crippen molar-refractivity contribution in [3.63, 3.8) is 0 Å². The van der Waals surface area contributed by atoms with Gasteiger partial charge in [-0.05, 0) is 76.6 Å². The Kier molecular flexibility index (Phi) is 6.74. The molecule has 0 atom stereocenters. The van der Waals surface area contributed by atoms with Crippen LogP contribution in [0.2, 0.25) is 19.0 Å². The van der Waals surface area contributed by atoms with Crippen LogP contribution in [0.1, 0.15) is 0 Å². The molecule has 26 heavy (non-hydrogen) atoms. The Balaban J connectivity index is 0.000000152. The molecule has 5 nitrogen and oxygen atoms in total. The fraction of sp³-hybridized carbons (Fsp3) is 0. The van der Waals surface area contributed by atoms with Crippen LogP contribution in [0, 0.1) is 0 Å². The van der Waals surface area contributed by atoms with Gasteiger partial charge in [-0.3, -0.25) is 4.98 Å². The van der Waals surface area contributed by atoms with Crippen LogP contribution in [0.4, 0.5) is 0 Å². The first-order valence-corrected chi connectivity index (χ1v) is 9.92. The van der Waals surface area contributed by atoms with Crippen LogP contribution in [-0.2, 0) is 0 Å². The second kappa shape index (κ2) is 9.03. The highest BCUT2D eigenvalue weighted by Gasteiger charge is 2.07. The van der Waals surface area contributed by atoms with Crippen LogP contribution in [-0.4, -0.2) is 23.7 Å². The van der Waals surface area contributed by atoms with E-state index in [1.165, 1.54) is 11.5 Å². The quantitative estimate of drug-likeness (QED) is 0.343. The first-order chi connectivity index (χ1) is 12.5. The molecule has 0 N–H and O–H groups in total. The van der Waals surface area contributed by atoms with Gasteiger partial charge in [0.05, 0.1) is 0 Å². The molecule has 4 rings (SSSR count). The van der Waals surface area contributed by atoms with Crippen molar-refractivity contribution >= 4 is 69.5 Å². The number of nitrogens with zero attached hydrogens (tertiary/aromatic N) is 5. The normalized spacial score (nSPS) is 10.3. The van der Waals surface area contributed by atoms with Gasteiger partial charge in [-0.1, -0.05) is 23.2 Å². The molecule has 0 aliphatic rings. The molecule has 0 fully saturated rings. The summed E-state index contributed by atoms with van der Waals surface area (Å²) < 4.78 is 8.97. The summed E-state index contributed by atoms with van der Waals surface area (Å²) in [5.41, 5.74) is 1.71. The number of pyridine rings is 1. The van der Waals surface area contributed by atoms with E-state index < -0.39 is 0 Å². The minimum atomic E-state index is 0.399. The molecule has 132 valence electrons. The van der Waals surface area contributed by atoms with E-state index in [-0.39, 0.29) is 0 Å². The molecule has 3 aromatic heterocycles. The molecule has 3 heterocycles. The molecule has 0 aliphatic heterocycles. The van der Waals surface area contributed by atoms with Crippen molar-refractivity contribution in [2.24, 2.45) is 0 Å². The third kappa shape index (κ3) is 5.33. The summed E-state index contributed by atoms with van der Waals surface area (Å²) in [6.45, 7) is 0. The lowest BCUT2D eigenvalue weighted by atomic mass is 10.2. The number of benzene rings is 1. The molecule has 0 aliphatic carbocycles. The number of aromatic nitrogens is 5. The van der Waals surface area contributed by atoms with E-state index in [0.717, 1.165) is 22.7 Å². The fourth-order valence-electron chi connectivity index (χ4n) is 1.83. The molecule has 1 aromatic carbocycles. The minimum absolute atomic E-state index is 0.399. The Bertz CT molecular complexity index is 986. The Morgan fingerprint density at radius 1 is 0.654 bits per heavy atom. The zero-order chi connectivity index (χ0) is 18.5. The molecule has 0 unspecified atom stereocenters. The molecule has 0 saturated carbocycles. The van der Waals surface area contributed by atoms with Crippen LogP contribution in [0.3, 0.4) is 0 Å². The van der Waals surface area contributed by atoms with Crippen LogP contribution in [0.5, 0.6) is 0 Å². The van der Waals surface area contributed by atoms with Crippen LogP contribution >= 0.6 is 69.5 Å². The van der Waals surface area contributed by atoms with E-state index >= 15 is 0 Å². The number of rotatable bonds is 2. The predicted molar refractivity (Wildman–Crippen MR) is 109 cm³/mol. The molecule has 0 radical (unpaired) electrons. The Morgan fingerprint density at radius 3 is 1.62 bits per heavy atom. The van der Waals surface area contributed by atoms with Gasteiger partial charge in [0.25, 0.3) is 0 Å². The minimum Gasteiger partial charge on any atom is -0.265 e. The number of hydrogen-bond donors (Lipinski definition) is 0. The standard InChI is InChI=1S/C8H3Cl3N2S.C7H4ClN3S/c9-5-1-4(2-6(10)3-5)7-12-8(11)14-13-7;8-7-10-6(11-12-7)5-1-3-9-4-2-5/h1-3H;1-4H. The first-order valence-electron chi connectivity index (χ1n) is 6.86. The summed E-state index contributed by atoms with van der Waals surface area (Å²) in [5.74, 6) is 1.21. The largest absolute Gasteiger partial charge is 0.265 e. The lowest BCUT2D eigenvalue weighted by molar-refractivity contribution is 1.28. The first kappa shape index (κ1) is 19.4. The van der Waals surface area contributed by atoms with Gasteiger partial charge in [0.15, 0.2) is 11.6 Å². The molecule has 0 amide bonds. The molecule has 0 bridgehead atoms. The summed E-state index contributed by atoms with van der Waals surface area (Å²) in [4.78, 5) is 11.9. The zero-order valence-corrected chi connectivity index (χ0v) is 17.3. The van der Waals surface area contributed by atoms with E-state index in [4.69, 9.17) is 46.4 Å². The van der Waals surface area contributed by atoms with Gasteiger partial charge in [0, 0.05) is 33.6 Å². The highest BCUT2D eigenvalue weighted by atomic mass is 35.5. The van der Waals surface area contributed by atoms with Crippen molar-refractivity contribution in [2.45, 2.75) is 0 Å². The average molecular weight is 463 g/mol. The van der Waals surface area contributed by atoms with Gasteiger partial charge in [0.1, 0.15) is 0 Å². The number of hydrogen-bond acceptors (Lipinski definition) is 7. The van der Waals surface area contributed by atoms with Crippen molar-refractivity contribution in [1.29, 1.82) is 0 Å². The third-order valence-corrected chi connectivity index (χ3v) is 4.89. The zero-order valence-electron chi connectivity index (χ0n) is 12.6. The monoisotopic (exact) mass is 461 g/mol. The van der Waals surface area contributed by atoms with E-state index in [2.05, 4.69) is 23.7 Å². The maximum atomic E-state index is 5.84. The second-order valence-electron chi connectivity index (χ2n) is 4.64. The van der Waals surface area contributed by atoms with Crippen molar-refractivity contribution in [3.05, 3.63) is 61.7 Å². The van der Waals surface area contributed by atoms with E-state index in [1.54, 1.807) is 30.6 Å². The Hall–Kier alpha value is -1.35. The predicted octanol–water partition coefficient (Wildman–Crippen LogP) is 6.42. The van der Waals surface area contributed by atoms with E-state index in [9.17, 15) is 0 Å². The van der Waals surface area contributed by atoms with E-state index in [0.29, 0.717) is 30.6 Å². The highest BCUT2D eigenvalue weighted by molar-refractivity contribution is 7.10. The van der Waals surface area contributed by atoms with Crippen molar-refractivity contribution < 1.29 is 0 Å². The van der Waals surface area contributed by atoms with Gasteiger partial charge >= 0.3 is 0 Å². The van der Waals surface area contributed by atoms with Gasteiger partial charge in [-0.25, -0.2) is 9.97 Å². The van der Waals surface area contributed by atoms with Gasteiger partial charge in [0.2, 0.25) is 8.93 Å². The van der Waals surface area contributed by atoms with Crippen molar-refractivity contribution in [1.82, 2.24) is 23.7 Å². The van der Waals surface area contributed by atoms with Crippen LogP contribution in [0.15, 0.2) is 42.7 Å². The summed E-state index contributed by atoms with van der Waals surface area (Å²) >= 11 is 25.3. The lowest BCUT2D eigenvalue weighted by Gasteiger charge is -1.97. The van der Waals surface area contributed by atoms with Gasteiger partial charge in [-0.2, -0.15) is 8.75 Å². The van der Waals surface area contributed by atoms with Crippen molar-refractivity contribution in [3.8, 4) is 22.8 Å². The van der Waals surface area contributed by atoms with Gasteiger partial charge in [-0.15, -0.1) is 0 Å². The molecular formula is C15H7Cl4N5S2. The smallest absolute Gasteiger partial charge is 0.203 e. The summed E-state index contributed by atoms with van der Waals surface area (Å²) in [7, 11) is 0. The van der Waals surface area contributed by atoms with Crippen molar-refractivity contribution in [2.75, 3.05) is 0 Å². The molecule has 4 aromatic rings. The lowest BCUT2D eigenvalue weighted by Crippen LogP contribution is -1.80. The maximum Gasteiger partial charge on any atom is 0.203 e.